The summed E-state index contributed by atoms with van der Waals surface area (Å²) in [6, 6.07) is 1.50. The lowest BCUT2D eigenvalue weighted by molar-refractivity contribution is 0.123. The van der Waals surface area contributed by atoms with Gasteiger partial charge in [-0.15, -0.1) is 0 Å². The molecule has 0 spiro atoms. The molecule has 0 aliphatic carbocycles. The highest BCUT2D eigenvalue weighted by atomic mass is 32.2. The molecule has 1 fully saturated rings. The van der Waals surface area contributed by atoms with Crippen molar-refractivity contribution in [3.63, 3.8) is 0 Å². The van der Waals surface area contributed by atoms with Crippen LogP contribution < -0.4 is 5.32 Å². The topological polar surface area (TPSA) is 15.3 Å². The van der Waals surface area contributed by atoms with Gasteiger partial charge in [-0.2, -0.15) is 11.8 Å². The van der Waals surface area contributed by atoms with Crippen molar-refractivity contribution >= 4 is 11.8 Å². The van der Waals surface area contributed by atoms with Gasteiger partial charge in [0.05, 0.1) is 0 Å². The lowest BCUT2D eigenvalue weighted by atomic mass is 10.1. The average Bonchev–Trinajstić information content (AvgIpc) is 2.25. The summed E-state index contributed by atoms with van der Waals surface area (Å²) in [5.74, 6) is 2.53. The van der Waals surface area contributed by atoms with Gasteiger partial charge in [0.15, 0.2) is 0 Å². The number of hydrogen-bond donors (Lipinski definition) is 1. The fourth-order valence-corrected chi connectivity index (χ4v) is 2.89. The summed E-state index contributed by atoms with van der Waals surface area (Å²) in [6.45, 7) is 10.5. The zero-order chi connectivity index (χ0) is 10.4. The molecule has 1 N–H and O–H groups in total. The molecule has 84 valence electrons. The van der Waals surface area contributed by atoms with Crippen LogP contribution in [0.25, 0.3) is 0 Å². The quantitative estimate of drug-likeness (QED) is 0.754. The van der Waals surface area contributed by atoms with Gasteiger partial charge in [0.2, 0.25) is 0 Å². The van der Waals surface area contributed by atoms with Crippen molar-refractivity contribution in [3.05, 3.63) is 0 Å². The summed E-state index contributed by atoms with van der Waals surface area (Å²) in [5, 5.41) is 3.48. The van der Waals surface area contributed by atoms with Crippen LogP contribution in [-0.2, 0) is 0 Å². The van der Waals surface area contributed by atoms with E-state index in [4.69, 9.17) is 0 Å². The fourth-order valence-electron chi connectivity index (χ4n) is 2.12. The molecule has 14 heavy (non-hydrogen) atoms. The van der Waals surface area contributed by atoms with E-state index >= 15 is 0 Å². The average molecular weight is 216 g/mol. The molecule has 2 unspecified atom stereocenters. The van der Waals surface area contributed by atoms with Gasteiger partial charge in [0.25, 0.3) is 0 Å². The number of hydrogen-bond acceptors (Lipinski definition) is 3. The van der Waals surface area contributed by atoms with Crippen LogP contribution in [0, 0.1) is 0 Å². The van der Waals surface area contributed by atoms with Gasteiger partial charge >= 0.3 is 0 Å². The van der Waals surface area contributed by atoms with Crippen molar-refractivity contribution in [1.82, 2.24) is 10.2 Å². The van der Waals surface area contributed by atoms with Gasteiger partial charge in [-0.1, -0.05) is 13.8 Å². The van der Waals surface area contributed by atoms with E-state index in [0.29, 0.717) is 0 Å². The van der Waals surface area contributed by atoms with Gasteiger partial charge < -0.3 is 5.32 Å². The Morgan fingerprint density at radius 1 is 1.50 bits per heavy atom. The Hall–Kier alpha value is 0.270. The predicted molar refractivity (Wildman–Crippen MR) is 66.1 cm³/mol. The molecule has 0 aromatic rings. The molecule has 3 heteroatoms. The summed E-state index contributed by atoms with van der Waals surface area (Å²) in [5.41, 5.74) is 0. The molecule has 2 nitrogen and oxygen atoms in total. The number of rotatable bonds is 5. The minimum atomic E-state index is 0.743. The Bertz CT molecular complexity index is 152. The second-order valence-electron chi connectivity index (χ2n) is 4.01. The predicted octanol–water partition coefficient (Wildman–Crippen LogP) is 1.81. The lowest BCUT2D eigenvalue weighted by Gasteiger charge is -2.39. The highest BCUT2D eigenvalue weighted by molar-refractivity contribution is 7.99. The van der Waals surface area contributed by atoms with Gasteiger partial charge in [0, 0.05) is 37.5 Å². The third kappa shape index (κ3) is 3.44. The summed E-state index contributed by atoms with van der Waals surface area (Å²) < 4.78 is 0. The highest BCUT2D eigenvalue weighted by Crippen LogP contribution is 2.15. The van der Waals surface area contributed by atoms with Gasteiger partial charge in [0.1, 0.15) is 0 Å². The maximum atomic E-state index is 3.48. The molecular weight excluding hydrogens is 192 g/mol. The van der Waals surface area contributed by atoms with Crippen molar-refractivity contribution in [2.75, 3.05) is 31.1 Å². The first-order valence-corrected chi connectivity index (χ1v) is 6.99. The third-order valence-corrected chi connectivity index (χ3v) is 4.12. The molecule has 0 saturated carbocycles. The minimum Gasteiger partial charge on any atom is -0.314 e. The van der Waals surface area contributed by atoms with E-state index in [1.165, 1.54) is 31.0 Å². The molecule has 0 aromatic carbocycles. The van der Waals surface area contributed by atoms with Crippen molar-refractivity contribution in [3.8, 4) is 0 Å². The van der Waals surface area contributed by atoms with Crippen LogP contribution in [0.1, 0.15) is 27.2 Å². The van der Waals surface area contributed by atoms with Crippen LogP contribution in [0.15, 0.2) is 0 Å². The molecule has 1 rings (SSSR count). The summed E-state index contributed by atoms with van der Waals surface area (Å²) in [4.78, 5) is 2.68. The number of nitrogens with one attached hydrogen (secondary N) is 1. The summed E-state index contributed by atoms with van der Waals surface area (Å²) >= 11 is 2.06. The Morgan fingerprint density at radius 2 is 2.29 bits per heavy atom. The molecule has 0 aromatic heterocycles. The van der Waals surface area contributed by atoms with E-state index in [1.807, 2.05) is 0 Å². The molecule has 1 aliphatic rings. The van der Waals surface area contributed by atoms with Crippen molar-refractivity contribution in [1.29, 1.82) is 0 Å². The second-order valence-corrected chi connectivity index (χ2v) is 5.33. The van der Waals surface area contributed by atoms with E-state index in [9.17, 15) is 0 Å². The molecule has 2 atom stereocenters. The zero-order valence-electron chi connectivity index (χ0n) is 9.75. The molecule has 1 aliphatic heterocycles. The van der Waals surface area contributed by atoms with E-state index in [-0.39, 0.29) is 0 Å². The van der Waals surface area contributed by atoms with E-state index in [0.717, 1.165) is 18.6 Å². The number of thioether (sulfide) groups is 1. The second kappa shape index (κ2) is 6.70. The van der Waals surface area contributed by atoms with Crippen LogP contribution in [0.5, 0.6) is 0 Å². The molecule has 0 radical (unpaired) electrons. The molecule has 1 saturated heterocycles. The van der Waals surface area contributed by atoms with Crippen LogP contribution in [0.3, 0.4) is 0 Å². The first-order chi connectivity index (χ1) is 6.79. The van der Waals surface area contributed by atoms with E-state index in [2.05, 4.69) is 42.7 Å². The highest BCUT2D eigenvalue weighted by Gasteiger charge is 2.24. The first kappa shape index (κ1) is 12.3. The molecule has 1 heterocycles. The molecule has 0 amide bonds. The van der Waals surface area contributed by atoms with Crippen molar-refractivity contribution in [2.24, 2.45) is 0 Å². The number of piperazine rings is 1. The van der Waals surface area contributed by atoms with Crippen molar-refractivity contribution in [2.45, 2.75) is 39.3 Å². The van der Waals surface area contributed by atoms with Gasteiger partial charge in [-0.25, -0.2) is 0 Å². The number of nitrogens with zero attached hydrogens (tertiary/aromatic N) is 1. The monoisotopic (exact) mass is 216 g/mol. The third-order valence-electron chi connectivity index (χ3n) is 3.00. The Kier molecular flexibility index (Phi) is 5.90. The van der Waals surface area contributed by atoms with E-state index < -0.39 is 0 Å². The first-order valence-electron chi connectivity index (χ1n) is 5.83. The Balaban J connectivity index is 2.37. The van der Waals surface area contributed by atoms with Crippen LogP contribution in [0.4, 0.5) is 0 Å². The maximum Gasteiger partial charge on any atom is 0.0221 e. The van der Waals surface area contributed by atoms with Crippen LogP contribution >= 0.6 is 11.8 Å². The van der Waals surface area contributed by atoms with Gasteiger partial charge in [-0.05, 0) is 19.1 Å². The smallest absolute Gasteiger partial charge is 0.0221 e. The standard InChI is InChI=1S/C11H24N2S/c1-4-11-8-12-6-7-13(11)10(3)9-14-5-2/h10-12H,4-9H2,1-3H3. The van der Waals surface area contributed by atoms with Crippen LogP contribution in [0.2, 0.25) is 0 Å². The Morgan fingerprint density at radius 3 is 2.93 bits per heavy atom. The van der Waals surface area contributed by atoms with Gasteiger partial charge in [-0.3, -0.25) is 4.90 Å². The van der Waals surface area contributed by atoms with Crippen LogP contribution in [-0.4, -0.2) is 48.1 Å². The minimum absolute atomic E-state index is 0.743. The summed E-state index contributed by atoms with van der Waals surface area (Å²) in [7, 11) is 0. The van der Waals surface area contributed by atoms with E-state index in [1.54, 1.807) is 0 Å². The maximum absolute atomic E-state index is 3.48. The molecular formula is C11H24N2S. The van der Waals surface area contributed by atoms with Crippen molar-refractivity contribution < 1.29 is 0 Å². The normalized spacial score (nSPS) is 26.4. The SMILES string of the molecule is CCSCC(C)N1CCNCC1CC. The largest absolute Gasteiger partial charge is 0.314 e. The zero-order valence-corrected chi connectivity index (χ0v) is 10.6. The molecule has 0 bridgehead atoms. The lowest BCUT2D eigenvalue weighted by Crippen LogP contribution is -2.54. The fraction of sp³-hybridized carbons (Fsp3) is 1.00. The summed E-state index contributed by atoms with van der Waals surface area (Å²) in [6.07, 6.45) is 1.27. The Labute approximate surface area is 92.8 Å².